The molecule has 4 atom stereocenters. The van der Waals surface area contributed by atoms with E-state index in [0.717, 1.165) is 41.3 Å². The van der Waals surface area contributed by atoms with Crippen molar-refractivity contribution in [2.45, 2.75) is 75.6 Å². The zero-order chi connectivity index (χ0) is 38.2. The Morgan fingerprint density at radius 2 is 1.76 bits per heavy atom. The fraction of sp³-hybridized carbons (Fsp3) is 0.415. The number of benzene rings is 3. The number of aliphatic hydroxyl groups excluding tert-OH is 1. The number of nitrogens with one attached hydrogen (secondary N) is 1. The molecule has 1 aliphatic heterocycles. The summed E-state index contributed by atoms with van der Waals surface area (Å²) in [5.41, 5.74) is 3.23. The first-order chi connectivity index (χ1) is 26.1. The fourth-order valence-electron chi connectivity index (χ4n) is 7.37. The van der Waals surface area contributed by atoms with Crippen LogP contribution >= 0.6 is 0 Å². The number of amides is 3. The molecule has 2 heterocycles. The Bertz CT molecular complexity index is 2020. The Labute approximate surface area is 317 Å². The summed E-state index contributed by atoms with van der Waals surface area (Å²) >= 11 is 0. The van der Waals surface area contributed by atoms with E-state index in [9.17, 15) is 23.1 Å². The van der Waals surface area contributed by atoms with Crippen molar-refractivity contribution in [3.05, 3.63) is 108 Å². The van der Waals surface area contributed by atoms with E-state index in [-0.39, 0.29) is 48.2 Å². The number of urea groups is 1. The summed E-state index contributed by atoms with van der Waals surface area (Å²) in [5.74, 6) is -0.415. The number of nitrogens with zero attached hydrogens (tertiary/aromatic N) is 5. The topological polar surface area (TPSA) is 156 Å². The lowest BCUT2D eigenvalue weighted by Crippen LogP contribution is -2.57. The normalized spacial score (nSPS) is 17.5. The minimum Gasteiger partial charge on any atom is -0.411 e. The van der Waals surface area contributed by atoms with Gasteiger partial charge in [0.1, 0.15) is 6.04 Å². The van der Waals surface area contributed by atoms with Crippen LogP contribution in [-0.4, -0.2) is 100 Å². The van der Waals surface area contributed by atoms with E-state index in [4.69, 9.17) is 5.21 Å². The van der Waals surface area contributed by atoms with Crippen molar-refractivity contribution >= 4 is 39.1 Å². The molecule has 3 N–H and O–H groups in total. The van der Waals surface area contributed by atoms with Crippen molar-refractivity contribution in [1.82, 2.24) is 24.4 Å². The third-order valence-electron chi connectivity index (χ3n) is 10.9. The minimum atomic E-state index is -4.04. The number of para-hydroxylation sites is 1. The number of aromatic nitrogens is 1. The van der Waals surface area contributed by atoms with Gasteiger partial charge in [0.25, 0.3) is 0 Å². The average Bonchev–Trinajstić information content (AvgIpc) is 3.51. The number of oxime groups is 1. The van der Waals surface area contributed by atoms with Crippen molar-refractivity contribution < 1.29 is 28.3 Å². The third-order valence-corrected chi connectivity index (χ3v) is 12.8. The number of pyridine rings is 1. The first kappa shape index (κ1) is 38.9. The third kappa shape index (κ3) is 8.91. The maximum atomic E-state index is 14.4. The van der Waals surface area contributed by atoms with Crippen molar-refractivity contribution in [2.75, 3.05) is 26.2 Å². The van der Waals surface area contributed by atoms with E-state index in [2.05, 4.69) is 15.5 Å². The summed E-state index contributed by atoms with van der Waals surface area (Å²) in [6.45, 7) is 5.14. The highest BCUT2D eigenvalue weighted by Crippen LogP contribution is 2.30. The highest BCUT2D eigenvalue weighted by molar-refractivity contribution is 7.89. The lowest BCUT2D eigenvalue weighted by atomic mass is 9.85. The van der Waals surface area contributed by atoms with Crippen molar-refractivity contribution in [3.63, 3.8) is 0 Å². The molecule has 0 unspecified atom stereocenters. The highest BCUT2D eigenvalue weighted by atomic mass is 32.2. The van der Waals surface area contributed by atoms with Crippen LogP contribution < -0.4 is 5.32 Å². The summed E-state index contributed by atoms with van der Waals surface area (Å²) < 4.78 is 29.5. The number of sulfonamides is 1. The number of rotatable bonds is 17. The molecule has 12 nitrogen and oxygen atoms in total. The number of carbonyl (C=O) groups excluding carboxylic acids is 2. The second-order valence-electron chi connectivity index (χ2n) is 14.5. The molecule has 1 aromatic heterocycles. The van der Waals surface area contributed by atoms with Crippen molar-refractivity contribution in [2.24, 2.45) is 17.0 Å². The van der Waals surface area contributed by atoms with E-state index in [1.165, 1.54) is 22.7 Å². The zero-order valence-corrected chi connectivity index (χ0v) is 31.7. The Hall–Kier alpha value is -4.85. The predicted molar refractivity (Wildman–Crippen MR) is 208 cm³/mol. The number of hydrogen-bond donors (Lipinski definition) is 3. The summed E-state index contributed by atoms with van der Waals surface area (Å²) in [7, 11) is -4.04. The van der Waals surface area contributed by atoms with Gasteiger partial charge in [-0.25, -0.2) is 13.2 Å². The monoisotopic (exact) mass is 754 g/mol. The van der Waals surface area contributed by atoms with Gasteiger partial charge in [0.2, 0.25) is 15.9 Å². The molecule has 1 saturated heterocycles. The standard InChI is InChI=1S/C41H50N6O6S/c1-3-29(2)39(47-23-22-45(41(47)50)27-33-20-21-42-36-15-8-7-14-35(33)36)40(49)44-37(24-30-10-5-4-6-11-30)38(48)28-46(26-32-12-9-13-32)54(52,53)34-18-16-31(17-19-34)25-43-51/h4-8,10-11,14-21,25,29,32,37-39,48,51H,3,9,12-13,22-24,26-28H2,1-2H3,(H,44,49)/b43-25+/t29-,37-,38+,39-/m0/s1. The lowest BCUT2D eigenvalue weighted by Gasteiger charge is -2.36. The summed E-state index contributed by atoms with van der Waals surface area (Å²) in [6, 6.07) is 23.3. The molecule has 54 heavy (non-hydrogen) atoms. The van der Waals surface area contributed by atoms with Crippen molar-refractivity contribution in [3.8, 4) is 0 Å². The van der Waals surface area contributed by atoms with Crippen LogP contribution in [0.3, 0.4) is 0 Å². The summed E-state index contributed by atoms with van der Waals surface area (Å²) in [4.78, 5) is 36.4. The second kappa shape index (κ2) is 17.5. The molecule has 0 spiro atoms. The van der Waals surface area contributed by atoms with Gasteiger partial charge in [0.05, 0.1) is 28.8 Å². The van der Waals surface area contributed by atoms with Crippen LogP contribution in [0.4, 0.5) is 4.79 Å². The molecule has 4 aromatic rings. The van der Waals surface area contributed by atoms with Crippen LogP contribution in [0, 0.1) is 11.8 Å². The second-order valence-corrected chi connectivity index (χ2v) is 16.5. The molecule has 1 saturated carbocycles. The van der Waals surface area contributed by atoms with E-state index in [0.29, 0.717) is 31.6 Å². The largest absolute Gasteiger partial charge is 0.411 e. The summed E-state index contributed by atoms with van der Waals surface area (Å²) in [5, 5.41) is 27.9. The van der Waals surface area contributed by atoms with Gasteiger partial charge < -0.3 is 25.4 Å². The predicted octanol–water partition coefficient (Wildman–Crippen LogP) is 5.27. The molecule has 6 rings (SSSR count). The van der Waals surface area contributed by atoms with Gasteiger partial charge in [-0.3, -0.25) is 9.78 Å². The molecule has 13 heteroatoms. The molecule has 2 aliphatic rings. The van der Waals surface area contributed by atoms with Gasteiger partial charge in [-0.15, -0.1) is 0 Å². The van der Waals surface area contributed by atoms with E-state index in [1.807, 2.05) is 74.5 Å². The molecule has 286 valence electrons. The van der Waals surface area contributed by atoms with Crippen LogP contribution in [0.1, 0.15) is 56.2 Å². The Morgan fingerprint density at radius 1 is 1.04 bits per heavy atom. The van der Waals surface area contributed by atoms with Gasteiger partial charge >= 0.3 is 6.03 Å². The Kier molecular flexibility index (Phi) is 12.6. The number of fused-ring (bicyclic) bond motifs is 1. The molecular formula is C41H50N6O6S. The molecule has 0 bridgehead atoms. The van der Waals surface area contributed by atoms with Gasteiger partial charge in [-0.2, -0.15) is 4.31 Å². The van der Waals surface area contributed by atoms with Crippen LogP contribution in [-0.2, 0) is 27.8 Å². The molecule has 0 radical (unpaired) electrons. The maximum absolute atomic E-state index is 14.4. The van der Waals surface area contributed by atoms with Crippen LogP contribution in [0.15, 0.2) is 101 Å². The Balaban J connectivity index is 1.23. The van der Waals surface area contributed by atoms with E-state index in [1.54, 1.807) is 28.1 Å². The minimum absolute atomic E-state index is 0.0569. The molecule has 2 fully saturated rings. The first-order valence-corrected chi connectivity index (χ1v) is 20.2. The lowest BCUT2D eigenvalue weighted by molar-refractivity contribution is -0.128. The number of aliphatic hydroxyl groups is 1. The average molecular weight is 755 g/mol. The van der Waals surface area contributed by atoms with Gasteiger partial charge in [0.15, 0.2) is 0 Å². The van der Waals surface area contributed by atoms with Crippen LogP contribution in [0.2, 0.25) is 0 Å². The zero-order valence-electron chi connectivity index (χ0n) is 30.9. The van der Waals surface area contributed by atoms with Crippen LogP contribution in [0.5, 0.6) is 0 Å². The van der Waals surface area contributed by atoms with Crippen molar-refractivity contribution in [1.29, 1.82) is 0 Å². The summed E-state index contributed by atoms with van der Waals surface area (Å²) in [6.07, 6.45) is 5.39. The fourth-order valence-corrected chi connectivity index (χ4v) is 8.90. The van der Waals surface area contributed by atoms with Gasteiger partial charge in [-0.1, -0.05) is 92.5 Å². The molecule has 3 aromatic carbocycles. The van der Waals surface area contributed by atoms with Gasteiger partial charge in [-0.05, 0) is 72.1 Å². The SMILES string of the molecule is CC[C@H](C)[C@@H](C(=O)N[C@@H](Cc1ccccc1)[C@H](O)CN(CC1CCC1)S(=O)(=O)c1ccc(/C=N/O)cc1)N1CCN(Cc2ccnc3ccccc23)C1=O. The van der Waals surface area contributed by atoms with E-state index < -0.39 is 28.2 Å². The maximum Gasteiger partial charge on any atom is 0.321 e. The van der Waals surface area contributed by atoms with E-state index >= 15 is 0 Å². The quantitative estimate of drug-likeness (QED) is 0.0754. The first-order valence-electron chi connectivity index (χ1n) is 18.8. The highest BCUT2D eigenvalue weighted by Gasteiger charge is 2.41. The van der Waals surface area contributed by atoms with Gasteiger partial charge in [0, 0.05) is 44.3 Å². The number of hydrogen-bond acceptors (Lipinski definition) is 8. The molecule has 1 aliphatic carbocycles. The smallest absolute Gasteiger partial charge is 0.321 e. The van der Waals surface area contributed by atoms with Crippen LogP contribution in [0.25, 0.3) is 10.9 Å². The molecule has 3 amide bonds. The Morgan fingerprint density at radius 3 is 2.44 bits per heavy atom. The molecular weight excluding hydrogens is 705 g/mol. The number of carbonyl (C=O) groups is 2.